The van der Waals surface area contributed by atoms with Crippen LogP contribution < -0.4 is 9.64 Å². The van der Waals surface area contributed by atoms with Crippen LogP contribution in [0.4, 0.5) is 5.82 Å². The quantitative estimate of drug-likeness (QED) is 0.275. The van der Waals surface area contributed by atoms with Crippen LogP contribution in [-0.4, -0.2) is 69.8 Å². The number of hydrogen-bond acceptors (Lipinski definition) is 6. The lowest BCUT2D eigenvalue weighted by molar-refractivity contribution is 0.0120. The zero-order valence-electron chi connectivity index (χ0n) is 13.3. The fourth-order valence-electron chi connectivity index (χ4n) is 1.64. The third-order valence-corrected chi connectivity index (χ3v) is 3.07. The smallest absolute Gasteiger partial charge is 0.170 e. The number of halogens is 1. The van der Waals surface area contributed by atoms with Gasteiger partial charge in [-0.3, -0.25) is 0 Å². The Morgan fingerprint density at radius 3 is 2.14 bits per heavy atom. The molecule has 1 heterocycles. The van der Waals surface area contributed by atoms with E-state index in [9.17, 15) is 0 Å². The van der Waals surface area contributed by atoms with Gasteiger partial charge in [-0.25, -0.2) is 4.98 Å². The highest BCUT2D eigenvalue weighted by atomic mass is 127. The average molecular weight is 424 g/mol. The van der Waals surface area contributed by atoms with E-state index in [2.05, 4.69) is 27.6 Å². The molecule has 0 spiro atoms. The zero-order valence-corrected chi connectivity index (χ0v) is 15.5. The highest BCUT2D eigenvalue weighted by Gasteiger charge is 2.05. The van der Waals surface area contributed by atoms with E-state index >= 15 is 0 Å². The minimum atomic E-state index is 0.491. The van der Waals surface area contributed by atoms with Crippen LogP contribution in [0.25, 0.3) is 0 Å². The summed E-state index contributed by atoms with van der Waals surface area (Å²) in [6, 6.07) is 3.76. The molecule has 7 heteroatoms. The topological polar surface area (TPSA) is 53.1 Å². The van der Waals surface area contributed by atoms with Crippen LogP contribution in [0.2, 0.25) is 0 Å². The maximum Gasteiger partial charge on any atom is 0.170 e. The van der Waals surface area contributed by atoms with Crippen molar-refractivity contribution < 1.29 is 18.9 Å². The van der Waals surface area contributed by atoms with E-state index in [0.29, 0.717) is 39.6 Å². The van der Waals surface area contributed by atoms with Crippen LogP contribution in [0.3, 0.4) is 0 Å². The summed E-state index contributed by atoms with van der Waals surface area (Å²) in [4.78, 5) is 6.20. The van der Waals surface area contributed by atoms with Crippen molar-refractivity contribution in [1.29, 1.82) is 0 Å². The second kappa shape index (κ2) is 12.9. The Kier molecular flexibility index (Phi) is 11.3. The Balaban J connectivity index is 2.00. The number of anilines is 1. The van der Waals surface area contributed by atoms with E-state index < -0.39 is 0 Å². The molecule has 1 rings (SSSR count). The van der Waals surface area contributed by atoms with E-state index in [-0.39, 0.29) is 0 Å². The van der Waals surface area contributed by atoms with Crippen molar-refractivity contribution in [2.45, 2.75) is 0 Å². The number of rotatable bonds is 13. The van der Waals surface area contributed by atoms with E-state index in [1.165, 1.54) is 0 Å². The number of hydrogen-bond donors (Lipinski definition) is 0. The van der Waals surface area contributed by atoms with E-state index in [4.69, 9.17) is 18.9 Å². The van der Waals surface area contributed by atoms with Gasteiger partial charge < -0.3 is 23.8 Å². The first kappa shape index (κ1) is 19.4. The molecular weight excluding hydrogens is 399 g/mol. The van der Waals surface area contributed by atoms with Crippen LogP contribution in [0.1, 0.15) is 0 Å². The summed E-state index contributed by atoms with van der Waals surface area (Å²) in [5.74, 6) is 1.58. The van der Waals surface area contributed by atoms with Crippen LogP contribution in [-0.2, 0) is 14.2 Å². The van der Waals surface area contributed by atoms with E-state index in [1.807, 2.05) is 31.1 Å². The van der Waals surface area contributed by atoms with Crippen molar-refractivity contribution in [1.82, 2.24) is 4.98 Å². The first-order valence-electron chi connectivity index (χ1n) is 7.30. The fourth-order valence-corrected chi connectivity index (χ4v) is 1.95. The highest BCUT2D eigenvalue weighted by molar-refractivity contribution is 14.1. The van der Waals surface area contributed by atoms with Gasteiger partial charge in [0.25, 0.3) is 0 Å². The number of pyridine rings is 1. The summed E-state index contributed by atoms with van der Waals surface area (Å²) < 4.78 is 22.8. The molecule has 0 fully saturated rings. The van der Waals surface area contributed by atoms with Gasteiger partial charge >= 0.3 is 0 Å². The number of nitrogens with zero attached hydrogens (tertiary/aromatic N) is 2. The molecule has 0 N–H and O–H groups in total. The van der Waals surface area contributed by atoms with Gasteiger partial charge in [0, 0.05) is 24.7 Å². The lowest BCUT2D eigenvalue weighted by Gasteiger charge is -2.16. The van der Waals surface area contributed by atoms with Gasteiger partial charge in [0.15, 0.2) is 11.6 Å². The number of aromatic nitrogens is 1. The van der Waals surface area contributed by atoms with Gasteiger partial charge in [0.2, 0.25) is 0 Å². The van der Waals surface area contributed by atoms with Crippen molar-refractivity contribution in [3.05, 3.63) is 18.3 Å². The molecule has 0 saturated carbocycles. The van der Waals surface area contributed by atoms with Crippen molar-refractivity contribution in [3.8, 4) is 5.75 Å². The highest BCUT2D eigenvalue weighted by Crippen LogP contribution is 2.22. The Morgan fingerprint density at radius 1 is 0.955 bits per heavy atom. The van der Waals surface area contributed by atoms with Crippen LogP contribution >= 0.6 is 22.6 Å². The fraction of sp³-hybridized carbons (Fsp3) is 0.667. The van der Waals surface area contributed by atoms with Gasteiger partial charge in [-0.05, 0) is 12.1 Å². The molecule has 0 aromatic carbocycles. The second-order valence-corrected chi connectivity index (χ2v) is 5.67. The Hall–Kier alpha value is -0.640. The Morgan fingerprint density at radius 2 is 1.55 bits per heavy atom. The minimum Gasteiger partial charge on any atom is -0.487 e. The molecule has 6 nitrogen and oxygen atoms in total. The largest absolute Gasteiger partial charge is 0.487 e. The summed E-state index contributed by atoms with van der Waals surface area (Å²) in [7, 11) is 3.87. The van der Waals surface area contributed by atoms with Crippen LogP contribution in [0.5, 0.6) is 5.75 Å². The predicted molar refractivity (Wildman–Crippen MR) is 95.4 cm³/mol. The van der Waals surface area contributed by atoms with Crippen LogP contribution in [0, 0.1) is 0 Å². The van der Waals surface area contributed by atoms with Crippen LogP contribution in [0.15, 0.2) is 18.3 Å². The van der Waals surface area contributed by atoms with Gasteiger partial charge in [0.05, 0.1) is 39.6 Å². The molecule has 0 aliphatic heterocycles. The molecular formula is C15H25IN2O4. The third kappa shape index (κ3) is 8.72. The molecule has 1 aromatic rings. The molecule has 1 aromatic heterocycles. The number of ether oxygens (including phenoxy) is 4. The summed E-state index contributed by atoms with van der Waals surface area (Å²) >= 11 is 2.28. The molecule has 0 aliphatic rings. The van der Waals surface area contributed by atoms with Gasteiger partial charge in [-0.15, -0.1) is 0 Å². The lowest BCUT2D eigenvalue weighted by Crippen LogP contribution is -2.15. The summed E-state index contributed by atoms with van der Waals surface area (Å²) in [6.07, 6.45) is 1.75. The van der Waals surface area contributed by atoms with Crippen molar-refractivity contribution in [2.24, 2.45) is 0 Å². The molecule has 0 unspecified atom stereocenters. The Labute approximate surface area is 146 Å². The normalized spacial score (nSPS) is 10.7. The molecule has 0 saturated heterocycles. The first-order chi connectivity index (χ1) is 10.8. The average Bonchev–Trinajstić information content (AvgIpc) is 2.53. The maximum absolute atomic E-state index is 5.68. The number of alkyl halides is 1. The maximum atomic E-state index is 5.68. The van der Waals surface area contributed by atoms with E-state index in [1.54, 1.807) is 6.20 Å². The van der Waals surface area contributed by atoms with Crippen molar-refractivity contribution >= 4 is 28.4 Å². The minimum absolute atomic E-state index is 0.491. The summed E-state index contributed by atoms with van der Waals surface area (Å²) in [5, 5.41) is 0. The second-order valence-electron chi connectivity index (χ2n) is 4.59. The predicted octanol–water partition coefficient (Wildman–Crippen LogP) is 2.01. The lowest BCUT2D eigenvalue weighted by atomic mass is 10.4. The molecule has 0 atom stereocenters. The third-order valence-electron chi connectivity index (χ3n) is 2.63. The monoisotopic (exact) mass is 424 g/mol. The summed E-state index contributed by atoms with van der Waals surface area (Å²) in [6.45, 7) is 4.17. The SMILES string of the molecule is CN(C)c1ncccc1OCCOCCOCCOCCI. The molecule has 0 bridgehead atoms. The molecule has 0 amide bonds. The van der Waals surface area contributed by atoms with Gasteiger partial charge in [-0.2, -0.15) is 0 Å². The summed E-state index contributed by atoms with van der Waals surface area (Å²) in [5.41, 5.74) is 0. The van der Waals surface area contributed by atoms with Crippen molar-refractivity contribution in [3.63, 3.8) is 0 Å². The molecule has 0 aliphatic carbocycles. The first-order valence-corrected chi connectivity index (χ1v) is 8.82. The van der Waals surface area contributed by atoms with Gasteiger partial charge in [-0.1, -0.05) is 22.6 Å². The molecule has 22 heavy (non-hydrogen) atoms. The van der Waals surface area contributed by atoms with E-state index in [0.717, 1.165) is 22.6 Å². The Bertz CT molecular complexity index is 394. The van der Waals surface area contributed by atoms with Crippen molar-refractivity contribution in [2.75, 3.05) is 69.7 Å². The zero-order chi connectivity index (χ0) is 16.0. The molecule has 126 valence electrons. The van der Waals surface area contributed by atoms with Gasteiger partial charge in [0.1, 0.15) is 6.61 Å². The standard InChI is InChI=1S/C15H25IN2O4/c1-18(2)15-14(4-3-6-17-15)22-13-12-21-11-10-20-9-8-19-7-5-16/h3-4,6H,5,7-13H2,1-2H3. The molecule has 0 radical (unpaired) electrons.